The number of nitrogens with one attached hydrogen (secondary N) is 1. The highest BCUT2D eigenvalue weighted by Crippen LogP contribution is 2.18. The summed E-state index contributed by atoms with van der Waals surface area (Å²) in [5.41, 5.74) is 0. The number of benzene rings is 1. The van der Waals surface area contributed by atoms with Crippen LogP contribution in [0.1, 0.15) is 13.3 Å². The van der Waals surface area contributed by atoms with Crippen molar-refractivity contribution in [1.82, 2.24) is 15.1 Å². The van der Waals surface area contributed by atoms with Gasteiger partial charge in [0.05, 0.1) is 6.54 Å². The second kappa shape index (κ2) is 10.0. The topological polar surface area (TPSA) is 40.1 Å². The van der Waals surface area contributed by atoms with Gasteiger partial charge in [-0.25, -0.2) is 0 Å². The third-order valence-corrected chi connectivity index (χ3v) is 4.67. The number of guanidine groups is 1. The Hall–Kier alpha value is -1.28. The van der Waals surface area contributed by atoms with E-state index in [2.05, 4.69) is 39.2 Å². The SMILES string of the molecule is CN=C(NCC(C)Oc1ccccc1)N1CCC(N2CC=CC2)C1.I. The zero-order valence-corrected chi connectivity index (χ0v) is 17.4. The Morgan fingerprint density at radius 2 is 2.00 bits per heavy atom. The summed E-state index contributed by atoms with van der Waals surface area (Å²) in [6.07, 6.45) is 5.82. The van der Waals surface area contributed by atoms with Crippen molar-refractivity contribution in [2.24, 2.45) is 4.99 Å². The maximum absolute atomic E-state index is 5.92. The smallest absolute Gasteiger partial charge is 0.193 e. The first-order chi connectivity index (χ1) is 11.8. The van der Waals surface area contributed by atoms with Crippen LogP contribution in [0.4, 0.5) is 0 Å². The van der Waals surface area contributed by atoms with E-state index < -0.39 is 0 Å². The van der Waals surface area contributed by atoms with E-state index in [1.807, 2.05) is 37.4 Å². The van der Waals surface area contributed by atoms with Gasteiger partial charge in [0.1, 0.15) is 11.9 Å². The lowest BCUT2D eigenvalue weighted by molar-refractivity contribution is 0.222. The summed E-state index contributed by atoms with van der Waals surface area (Å²) in [6.45, 7) is 7.12. The summed E-state index contributed by atoms with van der Waals surface area (Å²) < 4.78 is 5.92. The summed E-state index contributed by atoms with van der Waals surface area (Å²) in [4.78, 5) is 9.35. The van der Waals surface area contributed by atoms with Crippen molar-refractivity contribution in [1.29, 1.82) is 0 Å². The van der Waals surface area contributed by atoms with Crippen LogP contribution in [0.5, 0.6) is 5.75 Å². The molecule has 138 valence electrons. The molecule has 1 aromatic carbocycles. The first-order valence-electron chi connectivity index (χ1n) is 8.82. The average Bonchev–Trinajstić information content (AvgIpc) is 3.28. The van der Waals surface area contributed by atoms with Gasteiger partial charge in [0.15, 0.2) is 5.96 Å². The van der Waals surface area contributed by atoms with Crippen molar-refractivity contribution in [3.63, 3.8) is 0 Å². The summed E-state index contributed by atoms with van der Waals surface area (Å²) in [6, 6.07) is 10.6. The van der Waals surface area contributed by atoms with Gasteiger partial charge in [0.25, 0.3) is 0 Å². The van der Waals surface area contributed by atoms with Crippen LogP contribution in [-0.4, -0.2) is 67.7 Å². The highest BCUT2D eigenvalue weighted by atomic mass is 127. The van der Waals surface area contributed by atoms with Gasteiger partial charge in [-0.15, -0.1) is 24.0 Å². The van der Waals surface area contributed by atoms with Gasteiger partial charge in [-0.2, -0.15) is 0 Å². The molecule has 0 bridgehead atoms. The molecule has 1 N–H and O–H groups in total. The molecule has 1 fully saturated rings. The fourth-order valence-electron chi connectivity index (χ4n) is 3.37. The van der Waals surface area contributed by atoms with E-state index in [-0.39, 0.29) is 30.1 Å². The maximum Gasteiger partial charge on any atom is 0.193 e. The fourth-order valence-corrected chi connectivity index (χ4v) is 3.37. The number of hydrogen-bond donors (Lipinski definition) is 1. The van der Waals surface area contributed by atoms with Gasteiger partial charge in [-0.3, -0.25) is 9.89 Å². The Bertz CT molecular complexity index is 570. The molecule has 1 aromatic rings. The highest BCUT2D eigenvalue weighted by molar-refractivity contribution is 14.0. The van der Waals surface area contributed by atoms with Crippen LogP contribution < -0.4 is 10.1 Å². The summed E-state index contributed by atoms with van der Waals surface area (Å²) >= 11 is 0. The van der Waals surface area contributed by atoms with Crippen molar-refractivity contribution in [3.8, 4) is 5.75 Å². The number of hydrogen-bond acceptors (Lipinski definition) is 3. The summed E-state index contributed by atoms with van der Waals surface area (Å²) in [5.74, 6) is 1.89. The lowest BCUT2D eigenvalue weighted by Gasteiger charge is -2.26. The van der Waals surface area contributed by atoms with Crippen molar-refractivity contribution in [2.45, 2.75) is 25.5 Å². The standard InChI is InChI=1S/C19H28N4O.HI/c1-16(24-18-8-4-3-5-9-18)14-21-19(20-2)23-13-10-17(15-23)22-11-6-7-12-22;/h3-9,16-17H,10-15H2,1-2H3,(H,20,21);1H. The van der Waals surface area contributed by atoms with E-state index in [9.17, 15) is 0 Å². The molecule has 2 aliphatic heterocycles. The van der Waals surface area contributed by atoms with Crippen LogP contribution in [-0.2, 0) is 0 Å². The number of nitrogens with zero attached hydrogens (tertiary/aromatic N) is 3. The number of para-hydroxylation sites is 1. The van der Waals surface area contributed by atoms with E-state index in [0.717, 1.165) is 44.4 Å². The minimum absolute atomic E-state index is 0. The van der Waals surface area contributed by atoms with E-state index in [4.69, 9.17) is 4.74 Å². The van der Waals surface area contributed by atoms with Gasteiger partial charge in [-0.05, 0) is 25.5 Å². The van der Waals surface area contributed by atoms with Crippen molar-refractivity contribution in [2.75, 3.05) is 39.8 Å². The van der Waals surface area contributed by atoms with E-state index in [1.165, 1.54) is 6.42 Å². The van der Waals surface area contributed by atoms with Crippen LogP contribution >= 0.6 is 24.0 Å². The third-order valence-electron chi connectivity index (χ3n) is 4.67. The fraction of sp³-hybridized carbons (Fsp3) is 0.526. The zero-order valence-electron chi connectivity index (χ0n) is 15.1. The molecule has 0 aromatic heterocycles. The molecule has 0 saturated carbocycles. The number of ether oxygens (including phenoxy) is 1. The number of halogens is 1. The maximum atomic E-state index is 5.92. The first-order valence-corrected chi connectivity index (χ1v) is 8.82. The van der Waals surface area contributed by atoms with E-state index in [0.29, 0.717) is 6.04 Å². The van der Waals surface area contributed by atoms with E-state index >= 15 is 0 Å². The molecule has 2 aliphatic rings. The van der Waals surface area contributed by atoms with Crippen molar-refractivity contribution in [3.05, 3.63) is 42.5 Å². The molecule has 0 aliphatic carbocycles. The van der Waals surface area contributed by atoms with Crippen LogP contribution in [0.2, 0.25) is 0 Å². The molecule has 0 radical (unpaired) electrons. The minimum atomic E-state index is 0. The highest BCUT2D eigenvalue weighted by Gasteiger charge is 2.29. The monoisotopic (exact) mass is 456 g/mol. The van der Waals surface area contributed by atoms with Crippen LogP contribution in [0.15, 0.2) is 47.5 Å². The molecule has 25 heavy (non-hydrogen) atoms. The van der Waals surface area contributed by atoms with Crippen molar-refractivity contribution >= 4 is 29.9 Å². The molecule has 2 atom stereocenters. The molecule has 2 unspecified atom stereocenters. The molecular weight excluding hydrogens is 427 g/mol. The quantitative estimate of drug-likeness (QED) is 0.320. The van der Waals surface area contributed by atoms with Crippen LogP contribution in [0.25, 0.3) is 0 Å². The molecule has 0 amide bonds. The second-order valence-corrected chi connectivity index (χ2v) is 6.48. The number of aliphatic imine (C=N–C) groups is 1. The first kappa shape index (κ1) is 20.0. The van der Waals surface area contributed by atoms with Crippen molar-refractivity contribution < 1.29 is 4.74 Å². The molecule has 2 heterocycles. The number of rotatable bonds is 5. The van der Waals surface area contributed by atoms with Gasteiger partial charge in [-0.1, -0.05) is 30.4 Å². The van der Waals surface area contributed by atoms with Gasteiger partial charge in [0.2, 0.25) is 0 Å². The van der Waals surface area contributed by atoms with Crippen LogP contribution in [0.3, 0.4) is 0 Å². The Morgan fingerprint density at radius 3 is 2.68 bits per heavy atom. The molecule has 3 rings (SSSR count). The summed E-state index contributed by atoms with van der Waals surface area (Å²) in [7, 11) is 1.86. The van der Waals surface area contributed by atoms with Gasteiger partial charge < -0.3 is 15.0 Å². The molecule has 5 nitrogen and oxygen atoms in total. The second-order valence-electron chi connectivity index (χ2n) is 6.48. The molecule has 1 saturated heterocycles. The van der Waals surface area contributed by atoms with E-state index in [1.54, 1.807) is 0 Å². The third kappa shape index (κ3) is 5.60. The van der Waals surface area contributed by atoms with Gasteiger partial charge >= 0.3 is 0 Å². The zero-order chi connectivity index (χ0) is 16.8. The number of likely N-dealkylation sites (tertiary alicyclic amines) is 1. The Kier molecular flexibility index (Phi) is 8.02. The van der Waals surface area contributed by atoms with Crippen LogP contribution in [0, 0.1) is 0 Å². The lowest BCUT2D eigenvalue weighted by Crippen LogP contribution is -2.45. The normalized spacial score (nSPS) is 21.9. The lowest BCUT2D eigenvalue weighted by atomic mass is 10.2. The molecular formula is C19H29IN4O. The minimum Gasteiger partial charge on any atom is -0.489 e. The van der Waals surface area contributed by atoms with Gasteiger partial charge in [0, 0.05) is 39.3 Å². The Balaban J connectivity index is 0.00000225. The Labute approximate surface area is 168 Å². The largest absolute Gasteiger partial charge is 0.489 e. The summed E-state index contributed by atoms with van der Waals surface area (Å²) in [5, 5.41) is 3.46. The molecule has 0 spiro atoms. The predicted octanol–water partition coefficient (Wildman–Crippen LogP) is 2.59. The molecule has 6 heteroatoms. The average molecular weight is 456 g/mol. The predicted molar refractivity (Wildman–Crippen MR) is 114 cm³/mol. The Morgan fingerprint density at radius 1 is 1.28 bits per heavy atom.